The number of benzene rings is 2. The summed E-state index contributed by atoms with van der Waals surface area (Å²) in [5.41, 5.74) is 1.65. The number of rotatable bonds is 5. The van der Waals surface area contributed by atoms with Crippen LogP contribution in [0.1, 0.15) is 11.8 Å². The van der Waals surface area contributed by atoms with Crippen LogP contribution in [0, 0.1) is 0 Å². The summed E-state index contributed by atoms with van der Waals surface area (Å²) < 4.78 is 17.2. The van der Waals surface area contributed by atoms with Gasteiger partial charge < -0.3 is 13.7 Å². The molecule has 0 aliphatic heterocycles. The van der Waals surface area contributed by atoms with Crippen molar-refractivity contribution in [1.29, 1.82) is 0 Å². The van der Waals surface area contributed by atoms with Crippen LogP contribution in [0.5, 0.6) is 5.75 Å². The van der Waals surface area contributed by atoms with E-state index in [0.717, 1.165) is 21.3 Å². The highest BCUT2D eigenvalue weighted by atomic mass is 79.9. The summed E-state index contributed by atoms with van der Waals surface area (Å²) in [5, 5.41) is 12.1. The van der Waals surface area contributed by atoms with Crippen molar-refractivity contribution in [2.75, 3.05) is 7.11 Å². The Hall–Kier alpha value is -3.00. The average molecular weight is 413 g/mol. The second kappa shape index (κ2) is 7.09. The van der Waals surface area contributed by atoms with Gasteiger partial charge in [-0.1, -0.05) is 27.2 Å². The number of ether oxygens (including phenoxy) is 1. The number of halogens is 1. The van der Waals surface area contributed by atoms with Crippen molar-refractivity contribution in [3.63, 3.8) is 0 Å². The van der Waals surface area contributed by atoms with Gasteiger partial charge >= 0.3 is 0 Å². The Labute approximate surface area is 157 Å². The fourth-order valence-corrected chi connectivity index (χ4v) is 2.63. The molecule has 0 radical (unpaired) electrons. The van der Waals surface area contributed by atoms with Gasteiger partial charge in [0.05, 0.1) is 7.11 Å². The number of methoxy groups -OCH3 is 1. The highest BCUT2D eigenvalue weighted by Gasteiger charge is 2.14. The molecule has 0 aliphatic rings. The van der Waals surface area contributed by atoms with Gasteiger partial charge in [-0.3, -0.25) is 0 Å². The number of aromatic nitrogens is 4. The van der Waals surface area contributed by atoms with Crippen molar-refractivity contribution < 1.29 is 13.7 Å². The van der Waals surface area contributed by atoms with Crippen molar-refractivity contribution in [1.82, 2.24) is 20.3 Å². The van der Waals surface area contributed by atoms with Gasteiger partial charge in [0.15, 0.2) is 0 Å². The third-order valence-corrected chi connectivity index (χ3v) is 4.19. The molecule has 0 unspecified atom stereocenters. The fraction of sp³-hybridized carbons (Fsp3) is 0.111. The van der Waals surface area contributed by atoms with Gasteiger partial charge in [0.25, 0.3) is 0 Å². The van der Waals surface area contributed by atoms with Gasteiger partial charge in [-0.15, -0.1) is 10.2 Å². The molecular formula is C18H13BrN4O3. The third-order valence-electron chi connectivity index (χ3n) is 3.66. The number of nitrogens with zero attached hydrogens (tertiary/aromatic N) is 4. The van der Waals surface area contributed by atoms with Gasteiger partial charge in [-0.25, -0.2) is 0 Å². The quantitative estimate of drug-likeness (QED) is 0.486. The van der Waals surface area contributed by atoms with Crippen LogP contribution in [0.2, 0.25) is 0 Å². The average Bonchev–Trinajstić information content (AvgIpc) is 3.33. The van der Waals surface area contributed by atoms with Crippen molar-refractivity contribution in [2.24, 2.45) is 0 Å². The van der Waals surface area contributed by atoms with Gasteiger partial charge in [0.2, 0.25) is 23.5 Å². The van der Waals surface area contributed by atoms with E-state index in [0.29, 0.717) is 23.5 Å². The molecule has 0 atom stereocenters. The Morgan fingerprint density at radius 2 is 1.85 bits per heavy atom. The van der Waals surface area contributed by atoms with Crippen molar-refractivity contribution in [3.8, 4) is 28.6 Å². The molecule has 2 aromatic carbocycles. The van der Waals surface area contributed by atoms with Crippen LogP contribution in [-0.4, -0.2) is 27.4 Å². The molecule has 0 saturated heterocycles. The molecule has 8 heteroatoms. The lowest BCUT2D eigenvalue weighted by Gasteiger charge is -1.99. The second-order valence-corrected chi connectivity index (χ2v) is 6.34. The smallest absolute Gasteiger partial charge is 0.247 e. The second-order valence-electron chi connectivity index (χ2n) is 5.43. The molecule has 2 aromatic heterocycles. The van der Waals surface area contributed by atoms with E-state index in [1.165, 1.54) is 0 Å². The fourth-order valence-electron chi connectivity index (χ4n) is 2.37. The van der Waals surface area contributed by atoms with E-state index in [9.17, 15) is 0 Å². The zero-order chi connectivity index (χ0) is 17.9. The molecule has 7 nitrogen and oxygen atoms in total. The minimum absolute atomic E-state index is 0.264. The zero-order valence-corrected chi connectivity index (χ0v) is 15.3. The van der Waals surface area contributed by atoms with Crippen molar-refractivity contribution in [3.05, 3.63) is 64.8 Å². The number of hydrogen-bond acceptors (Lipinski definition) is 7. The van der Waals surface area contributed by atoms with E-state index in [4.69, 9.17) is 13.7 Å². The van der Waals surface area contributed by atoms with Crippen LogP contribution in [0.3, 0.4) is 0 Å². The summed E-state index contributed by atoms with van der Waals surface area (Å²) in [6, 6.07) is 15.1. The predicted octanol–water partition coefficient (Wildman–Crippen LogP) is 4.15. The third kappa shape index (κ3) is 3.50. The first kappa shape index (κ1) is 16.5. The lowest BCUT2D eigenvalue weighted by molar-refractivity contribution is 0.374. The standard InChI is InChI=1S/C18H13BrN4O3/c1-24-14-4-2-3-12(9-14)18-22-21-16(25-18)10-15-20-17(23-26-15)11-5-7-13(19)8-6-11/h2-9H,10H2,1H3. The van der Waals surface area contributed by atoms with Gasteiger partial charge in [-0.05, 0) is 42.5 Å². The Bertz CT molecular complexity index is 1030. The van der Waals surface area contributed by atoms with Gasteiger partial charge in [0.1, 0.15) is 12.2 Å². The largest absolute Gasteiger partial charge is 0.497 e. The van der Waals surface area contributed by atoms with Gasteiger partial charge in [0, 0.05) is 15.6 Å². The summed E-state index contributed by atoms with van der Waals surface area (Å²) in [5.74, 6) is 2.45. The monoisotopic (exact) mass is 412 g/mol. The normalized spacial score (nSPS) is 10.8. The lowest BCUT2D eigenvalue weighted by atomic mass is 10.2. The minimum Gasteiger partial charge on any atom is -0.497 e. The predicted molar refractivity (Wildman–Crippen MR) is 96.5 cm³/mol. The highest BCUT2D eigenvalue weighted by molar-refractivity contribution is 9.10. The Balaban J connectivity index is 1.52. The Kier molecular flexibility index (Phi) is 4.49. The number of hydrogen-bond donors (Lipinski definition) is 0. The Morgan fingerprint density at radius 1 is 1.00 bits per heavy atom. The first-order valence-electron chi connectivity index (χ1n) is 7.76. The summed E-state index contributed by atoms with van der Waals surface area (Å²) in [6.07, 6.45) is 0.264. The maximum Gasteiger partial charge on any atom is 0.247 e. The molecular weight excluding hydrogens is 400 g/mol. The van der Waals surface area contributed by atoms with Crippen molar-refractivity contribution >= 4 is 15.9 Å². The molecule has 130 valence electrons. The highest BCUT2D eigenvalue weighted by Crippen LogP contribution is 2.24. The lowest BCUT2D eigenvalue weighted by Crippen LogP contribution is -1.88. The minimum atomic E-state index is 0.264. The molecule has 0 spiro atoms. The van der Waals surface area contributed by atoms with Crippen LogP contribution in [0.15, 0.2) is 61.9 Å². The van der Waals surface area contributed by atoms with Crippen LogP contribution >= 0.6 is 15.9 Å². The molecule has 26 heavy (non-hydrogen) atoms. The molecule has 4 rings (SSSR count). The summed E-state index contributed by atoms with van der Waals surface area (Å²) in [4.78, 5) is 4.37. The molecule has 0 N–H and O–H groups in total. The molecule has 0 fully saturated rings. The molecule has 2 heterocycles. The Morgan fingerprint density at radius 3 is 2.65 bits per heavy atom. The molecule has 0 aliphatic carbocycles. The first-order valence-corrected chi connectivity index (χ1v) is 8.56. The SMILES string of the molecule is COc1cccc(-c2nnc(Cc3nc(-c4ccc(Br)cc4)no3)o2)c1. The van der Waals surface area contributed by atoms with Crippen LogP contribution in [-0.2, 0) is 6.42 Å². The van der Waals surface area contributed by atoms with E-state index in [-0.39, 0.29) is 6.42 Å². The topological polar surface area (TPSA) is 87.1 Å². The van der Waals surface area contributed by atoms with E-state index >= 15 is 0 Å². The maximum atomic E-state index is 5.69. The van der Waals surface area contributed by atoms with E-state index in [2.05, 4.69) is 36.3 Å². The first-order chi connectivity index (χ1) is 12.7. The molecule has 0 bridgehead atoms. The van der Waals surface area contributed by atoms with E-state index < -0.39 is 0 Å². The van der Waals surface area contributed by atoms with E-state index in [1.807, 2.05) is 48.5 Å². The summed E-state index contributed by atoms with van der Waals surface area (Å²) in [6.45, 7) is 0. The van der Waals surface area contributed by atoms with Crippen molar-refractivity contribution in [2.45, 2.75) is 6.42 Å². The zero-order valence-electron chi connectivity index (χ0n) is 13.7. The van der Waals surface area contributed by atoms with Crippen LogP contribution in [0.4, 0.5) is 0 Å². The molecule has 0 saturated carbocycles. The molecule has 4 aromatic rings. The maximum absolute atomic E-state index is 5.69. The van der Waals surface area contributed by atoms with Gasteiger partial charge in [-0.2, -0.15) is 4.98 Å². The summed E-state index contributed by atoms with van der Waals surface area (Å²) >= 11 is 3.40. The van der Waals surface area contributed by atoms with Crippen LogP contribution in [0.25, 0.3) is 22.8 Å². The van der Waals surface area contributed by atoms with Crippen LogP contribution < -0.4 is 4.74 Å². The van der Waals surface area contributed by atoms with E-state index in [1.54, 1.807) is 7.11 Å². The molecule has 0 amide bonds. The summed E-state index contributed by atoms with van der Waals surface area (Å²) in [7, 11) is 1.61.